The molecule has 0 atom stereocenters. The highest BCUT2D eigenvalue weighted by Gasteiger charge is 2.19. The normalized spacial score (nSPS) is 10.6. The monoisotopic (exact) mass is 690 g/mol. The zero-order chi connectivity index (χ0) is 26.9. The van der Waals surface area contributed by atoms with Crippen LogP contribution in [0, 0.1) is 23.7 Å². The molecule has 186 valence electrons. The molecule has 0 N–H and O–H groups in total. The largest absolute Gasteiger partial charge is 0.454 e. The molecular formula is C31H17Br3O4. The van der Waals surface area contributed by atoms with Crippen molar-refractivity contribution in [2.45, 2.75) is 0 Å². The molecule has 7 heteroatoms. The van der Waals surface area contributed by atoms with Crippen LogP contribution in [0.3, 0.4) is 0 Å². The topological polar surface area (TPSA) is 52.6 Å². The Kier molecular flexibility index (Phi) is 9.56. The van der Waals surface area contributed by atoms with Crippen molar-refractivity contribution in [3.63, 3.8) is 0 Å². The summed E-state index contributed by atoms with van der Waals surface area (Å²) >= 11 is 10.1. The lowest BCUT2D eigenvalue weighted by molar-refractivity contribution is 0.104. The van der Waals surface area contributed by atoms with Crippen LogP contribution in [0.4, 0.5) is 0 Å². The van der Waals surface area contributed by atoms with E-state index >= 15 is 0 Å². The van der Waals surface area contributed by atoms with Crippen LogP contribution < -0.4 is 9.47 Å². The fourth-order valence-electron chi connectivity index (χ4n) is 3.24. The summed E-state index contributed by atoms with van der Waals surface area (Å²) in [7, 11) is 0. The number of carbonyl (C=O) groups excluding carboxylic acids is 2. The molecule has 0 radical (unpaired) electrons. The number of benzene rings is 4. The summed E-state index contributed by atoms with van der Waals surface area (Å²) in [4.78, 5) is 24.2. The summed E-state index contributed by atoms with van der Waals surface area (Å²) in [5, 5.41) is 0. The lowest BCUT2D eigenvalue weighted by Gasteiger charge is -2.01. The van der Waals surface area contributed by atoms with Gasteiger partial charge in [0.1, 0.15) is 0 Å². The van der Waals surface area contributed by atoms with Gasteiger partial charge in [-0.05, 0) is 108 Å². The van der Waals surface area contributed by atoms with Crippen LogP contribution in [-0.4, -0.2) is 18.4 Å². The Morgan fingerprint density at radius 1 is 0.605 bits per heavy atom. The summed E-state index contributed by atoms with van der Waals surface area (Å²) in [6.07, 6.45) is 0. The number of rotatable bonds is 2. The van der Waals surface area contributed by atoms with Crippen molar-refractivity contribution >= 4 is 59.4 Å². The summed E-state index contributed by atoms with van der Waals surface area (Å²) in [6.45, 7) is 0.176. The van der Waals surface area contributed by atoms with Crippen LogP contribution in [-0.2, 0) is 0 Å². The maximum Gasteiger partial charge on any atom is 0.238 e. The fourth-order valence-corrected chi connectivity index (χ4v) is 5.10. The number of Topliss-reactive ketones (excluding diaryl/α,β-unsaturated/α-hetero) is 2. The highest BCUT2D eigenvalue weighted by atomic mass is 79.9. The number of ether oxygens (including phenoxy) is 2. The molecule has 0 spiro atoms. The van der Waals surface area contributed by atoms with Crippen molar-refractivity contribution in [1.29, 1.82) is 0 Å². The SMILES string of the molecule is O=C(C#Cc1ccccc1)c1c(Br)cccc1Br.O=C(C#Cc1ccccc1)c1cc2c(cc1Br)OCO2. The number of fused-ring (bicyclic) bond motifs is 1. The van der Waals surface area contributed by atoms with Crippen molar-refractivity contribution in [2.75, 3.05) is 6.79 Å². The summed E-state index contributed by atoms with van der Waals surface area (Å²) in [6, 6.07) is 27.7. The Labute approximate surface area is 245 Å². The van der Waals surface area contributed by atoms with E-state index in [1.54, 1.807) is 12.1 Å². The van der Waals surface area contributed by atoms with E-state index in [0.29, 0.717) is 27.1 Å². The van der Waals surface area contributed by atoms with Crippen molar-refractivity contribution in [3.05, 3.63) is 127 Å². The number of ketones is 2. The van der Waals surface area contributed by atoms with Gasteiger partial charge in [0.05, 0.1) is 5.56 Å². The lowest BCUT2D eigenvalue weighted by atomic mass is 10.1. The van der Waals surface area contributed by atoms with Gasteiger partial charge in [-0.15, -0.1) is 0 Å². The molecule has 4 aromatic carbocycles. The molecule has 0 amide bonds. The van der Waals surface area contributed by atoms with Crippen molar-refractivity contribution in [2.24, 2.45) is 0 Å². The van der Waals surface area contributed by atoms with Gasteiger partial charge < -0.3 is 9.47 Å². The molecule has 0 aliphatic carbocycles. The molecule has 5 rings (SSSR count). The average Bonchev–Trinajstić information content (AvgIpc) is 3.39. The number of hydrogen-bond donors (Lipinski definition) is 0. The lowest BCUT2D eigenvalue weighted by Crippen LogP contribution is -1.98. The fraction of sp³-hybridized carbons (Fsp3) is 0.0323. The maximum absolute atomic E-state index is 12.1. The second-order valence-electron chi connectivity index (χ2n) is 7.67. The van der Waals surface area contributed by atoms with Gasteiger partial charge in [0.2, 0.25) is 18.4 Å². The summed E-state index contributed by atoms with van der Waals surface area (Å²) in [5.74, 6) is 11.7. The second-order valence-corrected chi connectivity index (χ2v) is 10.2. The van der Waals surface area contributed by atoms with Gasteiger partial charge >= 0.3 is 0 Å². The van der Waals surface area contributed by atoms with Crippen LogP contribution in [0.5, 0.6) is 11.5 Å². The smallest absolute Gasteiger partial charge is 0.238 e. The molecule has 1 aliphatic rings. The zero-order valence-electron chi connectivity index (χ0n) is 19.6. The molecule has 4 nitrogen and oxygen atoms in total. The summed E-state index contributed by atoms with van der Waals surface area (Å²) in [5.41, 5.74) is 2.66. The minimum absolute atomic E-state index is 0.176. The van der Waals surface area contributed by atoms with Gasteiger partial charge in [-0.2, -0.15) is 0 Å². The minimum Gasteiger partial charge on any atom is -0.454 e. The Balaban J connectivity index is 0.000000178. The van der Waals surface area contributed by atoms with Crippen LogP contribution in [0.1, 0.15) is 31.8 Å². The van der Waals surface area contributed by atoms with Gasteiger partial charge in [-0.25, -0.2) is 0 Å². The van der Waals surface area contributed by atoms with E-state index in [4.69, 9.17) is 9.47 Å². The minimum atomic E-state index is -0.265. The van der Waals surface area contributed by atoms with Crippen molar-refractivity contribution in [1.82, 2.24) is 0 Å². The highest BCUT2D eigenvalue weighted by molar-refractivity contribution is 9.11. The van der Waals surface area contributed by atoms with E-state index in [2.05, 4.69) is 71.5 Å². The molecule has 0 fully saturated rings. The molecule has 1 aliphatic heterocycles. The van der Waals surface area contributed by atoms with E-state index in [1.165, 1.54) is 0 Å². The number of halogens is 3. The highest BCUT2D eigenvalue weighted by Crippen LogP contribution is 2.37. The number of hydrogen-bond acceptors (Lipinski definition) is 4. The molecule has 0 unspecified atom stereocenters. The van der Waals surface area contributed by atoms with Crippen molar-refractivity contribution in [3.8, 4) is 35.2 Å². The molecule has 38 heavy (non-hydrogen) atoms. The Hall–Kier alpha value is -3.62. The first kappa shape index (κ1) is 27.4. The first-order valence-corrected chi connectivity index (χ1v) is 13.6. The van der Waals surface area contributed by atoms with Crippen LogP contribution in [0.25, 0.3) is 0 Å². The maximum atomic E-state index is 12.1. The van der Waals surface area contributed by atoms with Crippen LogP contribution in [0.2, 0.25) is 0 Å². The second kappa shape index (κ2) is 13.3. The van der Waals surface area contributed by atoms with Gasteiger partial charge in [0.15, 0.2) is 11.5 Å². The van der Waals surface area contributed by atoms with E-state index in [0.717, 1.165) is 20.1 Å². The summed E-state index contributed by atoms with van der Waals surface area (Å²) < 4.78 is 12.6. The van der Waals surface area contributed by atoms with E-state index in [-0.39, 0.29) is 18.4 Å². The average molecular weight is 693 g/mol. The van der Waals surface area contributed by atoms with Crippen LogP contribution >= 0.6 is 47.8 Å². The molecule has 1 heterocycles. The van der Waals surface area contributed by atoms with E-state index in [9.17, 15) is 9.59 Å². The van der Waals surface area contributed by atoms with E-state index < -0.39 is 0 Å². The molecule has 0 bridgehead atoms. The third-order valence-electron chi connectivity index (χ3n) is 5.09. The van der Waals surface area contributed by atoms with Crippen molar-refractivity contribution < 1.29 is 19.1 Å². The molecule has 0 aromatic heterocycles. The van der Waals surface area contributed by atoms with Crippen LogP contribution in [0.15, 0.2) is 104 Å². The van der Waals surface area contributed by atoms with Gasteiger partial charge in [0.25, 0.3) is 0 Å². The third-order valence-corrected chi connectivity index (χ3v) is 7.06. The molecule has 4 aromatic rings. The molecule has 0 saturated heterocycles. The molecule has 0 saturated carbocycles. The van der Waals surface area contributed by atoms with Gasteiger partial charge in [0, 0.05) is 30.1 Å². The van der Waals surface area contributed by atoms with E-state index in [1.807, 2.05) is 78.9 Å². The Bertz CT molecular complexity index is 1590. The van der Waals surface area contributed by atoms with Gasteiger partial charge in [-0.3, -0.25) is 9.59 Å². The molecular weight excluding hydrogens is 676 g/mol. The predicted molar refractivity (Wildman–Crippen MR) is 157 cm³/mol. The predicted octanol–water partition coefficient (Wildman–Crippen LogP) is 7.86. The first-order chi connectivity index (χ1) is 18.4. The Morgan fingerprint density at radius 2 is 1.11 bits per heavy atom. The number of carbonyl (C=O) groups is 2. The zero-order valence-corrected chi connectivity index (χ0v) is 24.4. The third kappa shape index (κ3) is 7.24. The quantitative estimate of drug-likeness (QED) is 0.159. The standard InChI is InChI=1S/C16H9BrO3.C15H8Br2O/c17-13-9-16-15(19-10-20-16)8-12(13)14(18)7-6-11-4-2-1-3-5-11;16-12-7-4-8-13(17)15(12)14(18)10-9-11-5-2-1-3-6-11/h1-5,8-9H,10H2;1-8H. The van der Waals surface area contributed by atoms with Gasteiger partial charge in [-0.1, -0.05) is 54.3 Å². The Morgan fingerprint density at radius 3 is 1.66 bits per heavy atom. The first-order valence-electron chi connectivity index (χ1n) is 11.2.